The van der Waals surface area contributed by atoms with E-state index in [-0.39, 0.29) is 37.5 Å². The van der Waals surface area contributed by atoms with Crippen molar-refractivity contribution in [1.29, 1.82) is 0 Å². The number of carbonyl (C=O) groups is 2. The maximum Gasteiger partial charge on any atom is 0.307 e. The van der Waals surface area contributed by atoms with Crippen LogP contribution in [-0.4, -0.2) is 48.2 Å². The summed E-state index contributed by atoms with van der Waals surface area (Å²) in [5.74, 6) is -0.517. The van der Waals surface area contributed by atoms with E-state index >= 15 is 0 Å². The van der Waals surface area contributed by atoms with Crippen LogP contribution in [0.4, 0.5) is 0 Å². The van der Waals surface area contributed by atoms with Gasteiger partial charge in [-0.05, 0) is 17.9 Å². The first-order valence-corrected chi connectivity index (χ1v) is 7.04. The van der Waals surface area contributed by atoms with Crippen LogP contribution in [0.25, 0.3) is 0 Å². The van der Waals surface area contributed by atoms with Crippen LogP contribution in [0.1, 0.15) is 29.4 Å². The van der Waals surface area contributed by atoms with Crippen LogP contribution in [-0.2, 0) is 9.53 Å². The molecule has 0 aliphatic rings. The lowest BCUT2D eigenvalue weighted by molar-refractivity contribution is -0.140. The summed E-state index contributed by atoms with van der Waals surface area (Å²) < 4.78 is 4.58. The van der Waals surface area contributed by atoms with Gasteiger partial charge in [0, 0.05) is 6.54 Å². The maximum atomic E-state index is 12.3. The second-order valence-electron chi connectivity index (χ2n) is 4.05. The zero-order chi connectivity index (χ0) is 14.3. The normalized spacial score (nSPS) is 11.9. The topological polar surface area (TPSA) is 66.8 Å². The van der Waals surface area contributed by atoms with Crippen molar-refractivity contribution in [3.8, 4) is 0 Å². The van der Waals surface area contributed by atoms with Crippen LogP contribution >= 0.6 is 11.3 Å². The average molecular weight is 285 g/mol. The van der Waals surface area contributed by atoms with Crippen molar-refractivity contribution >= 4 is 23.2 Å². The highest BCUT2D eigenvalue weighted by atomic mass is 32.1. The molecule has 1 heterocycles. The Morgan fingerprint density at radius 2 is 2.26 bits per heavy atom. The molecule has 1 aromatic heterocycles. The van der Waals surface area contributed by atoms with Gasteiger partial charge in [0.2, 0.25) is 0 Å². The zero-order valence-electron chi connectivity index (χ0n) is 11.2. The van der Waals surface area contributed by atoms with Gasteiger partial charge in [0.05, 0.1) is 31.1 Å². The summed E-state index contributed by atoms with van der Waals surface area (Å²) in [6.45, 7) is 2.03. The minimum atomic E-state index is -0.364. The molecule has 0 aromatic carbocycles. The quantitative estimate of drug-likeness (QED) is 0.771. The lowest BCUT2D eigenvalue weighted by Gasteiger charge is -2.29. The molecule has 0 fully saturated rings. The second-order valence-corrected chi connectivity index (χ2v) is 4.99. The minimum Gasteiger partial charge on any atom is -0.469 e. The van der Waals surface area contributed by atoms with E-state index in [1.165, 1.54) is 18.4 Å². The average Bonchev–Trinajstić information content (AvgIpc) is 2.96. The summed E-state index contributed by atoms with van der Waals surface area (Å²) in [6.07, 6.45) is 0.763. The van der Waals surface area contributed by atoms with Gasteiger partial charge in [0.15, 0.2) is 0 Å². The molecule has 0 spiro atoms. The van der Waals surface area contributed by atoms with E-state index in [1.54, 1.807) is 17.0 Å². The highest BCUT2D eigenvalue weighted by Crippen LogP contribution is 2.16. The Balaban J connectivity index is 2.79. The van der Waals surface area contributed by atoms with Crippen molar-refractivity contribution in [2.24, 2.45) is 0 Å². The summed E-state index contributed by atoms with van der Waals surface area (Å²) in [6, 6.07) is 3.26. The van der Waals surface area contributed by atoms with Crippen molar-refractivity contribution in [2.45, 2.75) is 25.8 Å². The molecule has 1 atom stereocenters. The molecule has 0 saturated carbocycles. The van der Waals surface area contributed by atoms with Crippen LogP contribution in [0.2, 0.25) is 0 Å². The highest BCUT2D eigenvalue weighted by molar-refractivity contribution is 7.12. The van der Waals surface area contributed by atoms with Crippen LogP contribution in [0.15, 0.2) is 17.5 Å². The molecule has 1 N–H and O–H groups in total. The molecule has 1 rings (SSSR count). The summed E-state index contributed by atoms with van der Waals surface area (Å²) in [7, 11) is 1.32. The van der Waals surface area contributed by atoms with Gasteiger partial charge in [-0.3, -0.25) is 9.59 Å². The maximum absolute atomic E-state index is 12.3. The smallest absolute Gasteiger partial charge is 0.307 e. The predicted octanol–water partition coefficient (Wildman–Crippen LogP) is 1.52. The van der Waals surface area contributed by atoms with Crippen molar-refractivity contribution in [2.75, 3.05) is 20.3 Å². The third-order valence-corrected chi connectivity index (χ3v) is 3.76. The van der Waals surface area contributed by atoms with Crippen LogP contribution < -0.4 is 0 Å². The van der Waals surface area contributed by atoms with Crippen molar-refractivity contribution < 1.29 is 19.4 Å². The second kappa shape index (κ2) is 7.91. The standard InChI is InChI=1S/C13H19NO4S/c1-3-10(9-15)14(7-6-12(16)18-2)13(17)11-5-4-8-19-11/h4-5,8,10,15H,3,6-7,9H2,1-2H3. The van der Waals surface area contributed by atoms with Gasteiger partial charge in [-0.15, -0.1) is 11.3 Å². The number of hydrogen-bond acceptors (Lipinski definition) is 5. The molecule has 0 aliphatic heterocycles. The molecule has 19 heavy (non-hydrogen) atoms. The van der Waals surface area contributed by atoms with Gasteiger partial charge in [-0.2, -0.15) is 0 Å². The van der Waals surface area contributed by atoms with Gasteiger partial charge in [0.1, 0.15) is 0 Å². The summed E-state index contributed by atoms with van der Waals surface area (Å²) in [5.41, 5.74) is 0. The lowest BCUT2D eigenvalue weighted by atomic mass is 10.2. The van der Waals surface area contributed by atoms with E-state index in [0.717, 1.165) is 0 Å². The SMILES string of the molecule is CCC(CO)N(CCC(=O)OC)C(=O)c1cccs1. The fourth-order valence-corrected chi connectivity index (χ4v) is 2.43. The molecule has 106 valence electrons. The fraction of sp³-hybridized carbons (Fsp3) is 0.538. The van der Waals surface area contributed by atoms with Crippen LogP contribution in [0.5, 0.6) is 0 Å². The monoisotopic (exact) mass is 285 g/mol. The van der Waals surface area contributed by atoms with Gasteiger partial charge < -0.3 is 14.7 Å². The predicted molar refractivity (Wildman–Crippen MR) is 73.2 cm³/mol. The van der Waals surface area contributed by atoms with E-state index in [4.69, 9.17) is 0 Å². The molecular weight excluding hydrogens is 266 g/mol. The third kappa shape index (κ3) is 4.33. The summed E-state index contributed by atoms with van der Waals surface area (Å²) in [4.78, 5) is 25.7. The van der Waals surface area contributed by atoms with Gasteiger partial charge in [-0.1, -0.05) is 13.0 Å². The van der Waals surface area contributed by atoms with Crippen molar-refractivity contribution in [3.63, 3.8) is 0 Å². The molecule has 0 saturated heterocycles. The van der Waals surface area contributed by atoms with Crippen LogP contribution in [0, 0.1) is 0 Å². The number of aliphatic hydroxyl groups is 1. The van der Waals surface area contributed by atoms with Gasteiger partial charge in [0.25, 0.3) is 5.91 Å². The van der Waals surface area contributed by atoms with E-state index in [9.17, 15) is 14.7 Å². The number of esters is 1. The lowest BCUT2D eigenvalue weighted by Crippen LogP contribution is -2.43. The largest absolute Gasteiger partial charge is 0.469 e. The van der Waals surface area contributed by atoms with E-state index in [1.807, 2.05) is 12.3 Å². The molecular formula is C13H19NO4S. The third-order valence-electron chi connectivity index (χ3n) is 2.90. The number of amides is 1. The molecule has 0 bridgehead atoms. The molecule has 1 unspecified atom stereocenters. The molecule has 6 heteroatoms. The zero-order valence-corrected chi connectivity index (χ0v) is 12.0. The molecule has 0 aliphatic carbocycles. The summed E-state index contributed by atoms with van der Waals surface area (Å²) in [5, 5.41) is 11.2. The minimum absolute atomic E-state index is 0.116. The Bertz CT molecular complexity index is 401. The number of carbonyl (C=O) groups excluding carboxylic acids is 2. The van der Waals surface area contributed by atoms with Gasteiger partial charge in [-0.25, -0.2) is 0 Å². The number of hydrogen-bond donors (Lipinski definition) is 1. The van der Waals surface area contributed by atoms with Crippen LogP contribution in [0.3, 0.4) is 0 Å². The first-order chi connectivity index (χ1) is 9.13. The number of thiophene rings is 1. The van der Waals surface area contributed by atoms with E-state index in [2.05, 4.69) is 4.74 Å². The van der Waals surface area contributed by atoms with E-state index in [0.29, 0.717) is 11.3 Å². The fourth-order valence-electron chi connectivity index (χ4n) is 1.75. The molecule has 5 nitrogen and oxygen atoms in total. The van der Waals surface area contributed by atoms with E-state index < -0.39 is 0 Å². The molecule has 1 aromatic rings. The first-order valence-electron chi connectivity index (χ1n) is 6.16. The first kappa shape index (κ1) is 15.7. The Kier molecular flexibility index (Phi) is 6.52. The number of methoxy groups -OCH3 is 1. The Morgan fingerprint density at radius 3 is 2.74 bits per heavy atom. The van der Waals surface area contributed by atoms with Gasteiger partial charge >= 0.3 is 5.97 Å². The van der Waals surface area contributed by atoms with Crippen molar-refractivity contribution in [3.05, 3.63) is 22.4 Å². The Labute approximate surface area is 116 Å². The number of rotatable bonds is 7. The molecule has 1 amide bonds. The number of aliphatic hydroxyl groups excluding tert-OH is 1. The Morgan fingerprint density at radius 1 is 1.53 bits per heavy atom. The highest BCUT2D eigenvalue weighted by Gasteiger charge is 2.24. The number of nitrogens with zero attached hydrogens (tertiary/aromatic N) is 1. The van der Waals surface area contributed by atoms with Crippen molar-refractivity contribution in [1.82, 2.24) is 4.90 Å². The summed E-state index contributed by atoms with van der Waals surface area (Å²) >= 11 is 1.35. The Hall–Kier alpha value is -1.40. The number of ether oxygens (including phenoxy) is 1. The molecule has 0 radical (unpaired) electrons.